The summed E-state index contributed by atoms with van der Waals surface area (Å²) < 4.78 is 0. The Balaban J connectivity index is 1.74. The van der Waals surface area contributed by atoms with Crippen molar-refractivity contribution < 1.29 is 0 Å². The van der Waals surface area contributed by atoms with E-state index in [9.17, 15) is 0 Å². The molecule has 4 nitrogen and oxygen atoms in total. The van der Waals surface area contributed by atoms with Crippen LogP contribution in [0.2, 0.25) is 0 Å². The van der Waals surface area contributed by atoms with Crippen LogP contribution in [0.3, 0.4) is 0 Å². The number of aryl methyl sites for hydroxylation is 1. The molecule has 0 bridgehead atoms. The predicted molar refractivity (Wildman–Crippen MR) is 70.2 cm³/mol. The summed E-state index contributed by atoms with van der Waals surface area (Å²) in [4.78, 5) is 12.6. The summed E-state index contributed by atoms with van der Waals surface area (Å²) in [5.41, 5.74) is 2.94. The SMILES string of the molecule is Cc1ccc2[nH]c(C3NCC4CCCC43)nc2n1. The van der Waals surface area contributed by atoms with Gasteiger partial charge in [0.25, 0.3) is 0 Å². The summed E-state index contributed by atoms with van der Waals surface area (Å²) in [6.45, 7) is 3.16. The summed E-state index contributed by atoms with van der Waals surface area (Å²) in [5, 5.41) is 3.63. The summed E-state index contributed by atoms with van der Waals surface area (Å²) in [7, 11) is 0. The highest BCUT2D eigenvalue weighted by Gasteiger charge is 2.40. The van der Waals surface area contributed by atoms with E-state index in [-0.39, 0.29) is 0 Å². The maximum atomic E-state index is 4.69. The molecule has 2 N–H and O–H groups in total. The maximum Gasteiger partial charge on any atom is 0.178 e. The van der Waals surface area contributed by atoms with Gasteiger partial charge in [-0.25, -0.2) is 9.97 Å². The van der Waals surface area contributed by atoms with Crippen LogP contribution in [-0.4, -0.2) is 21.5 Å². The smallest absolute Gasteiger partial charge is 0.178 e. The van der Waals surface area contributed by atoms with E-state index >= 15 is 0 Å². The normalized spacial score (nSPS) is 31.1. The van der Waals surface area contributed by atoms with Gasteiger partial charge in [0.05, 0.1) is 11.6 Å². The molecule has 0 aromatic carbocycles. The predicted octanol–water partition coefficient (Wildman–Crippen LogP) is 2.33. The Morgan fingerprint density at radius 1 is 1.22 bits per heavy atom. The van der Waals surface area contributed by atoms with Crippen molar-refractivity contribution in [2.45, 2.75) is 32.2 Å². The zero-order valence-electron chi connectivity index (χ0n) is 10.6. The molecule has 1 aliphatic carbocycles. The zero-order chi connectivity index (χ0) is 12.1. The monoisotopic (exact) mass is 242 g/mol. The van der Waals surface area contributed by atoms with Crippen molar-refractivity contribution in [2.75, 3.05) is 6.54 Å². The van der Waals surface area contributed by atoms with E-state index in [0.29, 0.717) is 6.04 Å². The van der Waals surface area contributed by atoms with Crippen LogP contribution in [0.4, 0.5) is 0 Å². The van der Waals surface area contributed by atoms with Crippen molar-refractivity contribution in [1.29, 1.82) is 0 Å². The van der Waals surface area contributed by atoms with E-state index in [0.717, 1.165) is 41.1 Å². The number of nitrogens with one attached hydrogen (secondary N) is 2. The first-order chi connectivity index (χ1) is 8.81. The second kappa shape index (κ2) is 3.79. The van der Waals surface area contributed by atoms with Crippen molar-refractivity contribution in [3.8, 4) is 0 Å². The molecule has 2 aromatic rings. The molecule has 94 valence electrons. The van der Waals surface area contributed by atoms with Crippen molar-refractivity contribution in [3.63, 3.8) is 0 Å². The highest BCUT2D eigenvalue weighted by molar-refractivity contribution is 5.70. The fourth-order valence-electron chi connectivity index (χ4n) is 3.64. The second-order valence-corrected chi connectivity index (χ2v) is 5.69. The molecular weight excluding hydrogens is 224 g/mol. The number of nitrogens with zero attached hydrogens (tertiary/aromatic N) is 2. The summed E-state index contributed by atoms with van der Waals surface area (Å²) in [6, 6.07) is 4.52. The highest BCUT2D eigenvalue weighted by Crippen LogP contribution is 2.43. The van der Waals surface area contributed by atoms with Gasteiger partial charge < -0.3 is 10.3 Å². The Labute approximate surface area is 106 Å². The summed E-state index contributed by atoms with van der Waals surface area (Å²) >= 11 is 0. The lowest BCUT2D eigenvalue weighted by atomic mass is 9.94. The fourth-order valence-corrected chi connectivity index (χ4v) is 3.64. The molecule has 1 aliphatic heterocycles. The highest BCUT2D eigenvalue weighted by atomic mass is 15.1. The number of H-pyrrole nitrogens is 1. The quantitative estimate of drug-likeness (QED) is 0.807. The molecule has 0 spiro atoms. The number of fused-ring (bicyclic) bond motifs is 2. The van der Waals surface area contributed by atoms with Gasteiger partial charge in [-0.3, -0.25) is 0 Å². The van der Waals surface area contributed by atoms with Crippen LogP contribution in [0, 0.1) is 18.8 Å². The van der Waals surface area contributed by atoms with Gasteiger partial charge in [-0.2, -0.15) is 0 Å². The minimum atomic E-state index is 0.409. The first-order valence-electron chi connectivity index (χ1n) is 6.88. The molecule has 4 heteroatoms. The number of rotatable bonds is 1. The standard InChI is InChI=1S/C14H18N4/c1-8-5-6-11-13(16-8)18-14(17-11)12-10-4-2-3-9(10)7-15-12/h5-6,9-10,12,15H,2-4,7H2,1H3,(H,16,17,18). The Morgan fingerprint density at radius 2 is 2.17 bits per heavy atom. The maximum absolute atomic E-state index is 4.69. The topological polar surface area (TPSA) is 53.6 Å². The molecule has 2 aromatic heterocycles. The molecule has 1 saturated carbocycles. The number of aromatic nitrogens is 3. The van der Waals surface area contributed by atoms with Gasteiger partial charge in [0.1, 0.15) is 5.82 Å². The van der Waals surface area contributed by atoms with E-state index in [1.165, 1.54) is 19.3 Å². The zero-order valence-corrected chi connectivity index (χ0v) is 10.6. The molecule has 4 rings (SSSR count). The average Bonchev–Trinajstić information content (AvgIpc) is 3.00. The number of aromatic amines is 1. The van der Waals surface area contributed by atoms with Crippen LogP contribution in [0.25, 0.3) is 11.2 Å². The van der Waals surface area contributed by atoms with Gasteiger partial charge in [-0.1, -0.05) is 6.42 Å². The lowest BCUT2D eigenvalue weighted by Gasteiger charge is -2.15. The number of pyridine rings is 1. The van der Waals surface area contributed by atoms with E-state index < -0.39 is 0 Å². The lowest BCUT2D eigenvalue weighted by Crippen LogP contribution is -2.19. The number of hydrogen-bond acceptors (Lipinski definition) is 3. The minimum Gasteiger partial charge on any atom is -0.339 e. The molecular formula is C14H18N4. The Kier molecular flexibility index (Phi) is 2.21. The van der Waals surface area contributed by atoms with E-state index in [1.807, 2.05) is 13.0 Å². The molecule has 3 unspecified atom stereocenters. The molecule has 3 heterocycles. The van der Waals surface area contributed by atoms with Crippen LogP contribution in [0.5, 0.6) is 0 Å². The third-order valence-electron chi connectivity index (χ3n) is 4.54. The molecule has 1 saturated heterocycles. The van der Waals surface area contributed by atoms with Gasteiger partial charge in [-0.15, -0.1) is 0 Å². The molecule has 18 heavy (non-hydrogen) atoms. The third-order valence-corrected chi connectivity index (χ3v) is 4.54. The van der Waals surface area contributed by atoms with Gasteiger partial charge in [0.15, 0.2) is 5.65 Å². The second-order valence-electron chi connectivity index (χ2n) is 5.69. The van der Waals surface area contributed by atoms with E-state index in [1.54, 1.807) is 0 Å². The first kappa shape index (κ1) is 10.5. The largest absolute Gasteiger partial charge is 0.339 e. The third kappa shape index (κ3) is 1.48. The fraction of sp³-hybridized carbons (Fsp3) is 0.571. The Hall–Kier alpha value is -1.42. The van der Waals surface area contributed by atoms with Crippen LogP contribution >= 0.6 is 0 Å². The van der Waals surface area contributed by atoms with Crippen molar-refractivity contribution >= 4 is 11.2 Å². The van der Waals surface area contributed by atoms with Crippen LogP contribution in [0.1, 0.15) is 36.8 Å². The molecule has 2 aliphatic rings. The Bertz CT molecular complexity index is 588. The summed E-state index contributed by atoms with van der Waals surface area (Å²) in [6.07, 6.45) is 4.10. The van der Waals surface area contributed by atoms with Crippen molar-refractivity contribution in [2.24, 2.45) is 11.8 Å². The van der Waals surface area contributed by atoms with Gasteiger partial charge in [-0.05, 0) is 50.3 Å². The van der Waals surface area contributed by atoms with E-state index in [2.05, 4.69) is 26.3 Å². The number of imidazole rings is 1. The summed E-state index contributed by atoms with van der Waals surface area (Å²) in [5.74, 6) is 2.71. The molecule has 0 amide bonds. The van der Waals surface area contributed by atoms with Crippen molar-refractivity contribution in [1.82, 2.24) is 20.3 Å². The molecule has 0 radical (unpaired) electrons. The molecule has 2 fully saturated rings. The minimum absolute atomic E-state index is 0.409. The van der Waals surface area contributed by atoms with Crippen LogP contribution < -0.4 is 5.32 Å². The first-order valence-corrected chi connectivity index (χ1v) is 6.88. The van der Waals surface area contributed by atoms with E-state index in [4.69, 9.17) is 0 Å². The average molecular weight is 242 g/mol. The van der Waals surface area contributed by atoms with Gasteiger partial charge in [0, 0.05) is 5.69 Å². The Morgan fingerprint density at radius 3 is 3.11 bits per heavy atom. The van der Waals surface area contributed by atoms with Crippen LogP contribution in [-0.2, 0) is 0 Å². The number of hydrogen-bond donors (Lipinski definition) is 2. The lowest BCUT2D eigenvalue weighted by molar-refractivity contribution is 0.410. The van der Waals surface area contributed by atoms with Crippen molar-refractivity contribution in [3.05, 3.63) is 23.7 Å². The van der Waals surface area contributed by atoms with Crippen LogP contribution in [0.15, 0.2) is 12.1 Å². The van der Waals surface area contributed by atoms with Gasteiger partial charge in [0.2, 0.25) is 0 Å². The van der Waals surface area contributed by atoms with Gasteiger partial charge >= 0.3 is 0 Å². The molecule has 3 atom stereocenters.